The summed E-state index contributed by atoms with van der Waals surface area (Å²) in [6.45, 7) is -0.000646. The van der Waals surface area contributed by atoms with Crippen LogP contribution in [0.25, 0.3) is 10.8 Å². The summed E-state index contributed by atoms with van der Waals surface area (Å²) < 4.78 is 42.0. The van der Waals surface area contributed by atoms with Crippen LogP contribution in [0.4, 0.5) is 10.1 Å². The standard InChI is InChI=1S/C25H20ClFN2O3S/c26-20-10-8-19(9-11-20)25(30)29(22-14-12-21(27)13-15-22)17-16-28-33(31,32)24-7-3-5-18-4-1-2-6-23(18)24/h1-15,28H,16-17H2. The number of halogens is 2. The van der Waals surface area contributed by atoms with Crippen molar-refractivity contribution in [2.75, 3.05) is 18.0 Å². The zero-order valence-corrected chi connectivity index (χ0v) is 19.0. The Balaban J connectivity index is 1.57. The fourth-order valence-electron chi connectivity index (χ4n) is 3.52. The third kappa shape index (κ3) is 5.22. The Morgan fingerprint density at radius 2 is 1.55 bits per heavy atom. The second-order valence-corrected chi connectivity index (χ2v) is 9.49. The molecule has 0 saturated heterocycles. The number of carbonyl (C=O) groups excluding carboxylic acids is 1. The van der Waals surface area contributed by atoms with Gasteiger partial charge in [0.15, 0.2) is 0 Å². The number of nitrogens with one attached hydrogen (secondary N) is 1. The van der Waals surface area contributed by atoms with Gasteiger partial charge in [-0.3, -0.25) is 4.79 Å². The average molecular weight is 483 g/mol. The molecule has 0 atom stereocenters. The molecular formula is C25H20ClFN2O3S. The first-order valence-electron chi connectivity index (χ1n) is 10.2. The zero-order valence-electron chi connectivity index (χ0n) is 17.4. The van der Waals surface area contributed by atoms with Crippen molar-refractivity contribution in [1.29, 1.82) is 0 Å². The molecule has 0 unspecified atom stereocenters. The maximum absolute atomic E-state index is 13.4. The van der Waals surface area contributed by atoms with E-state index >= 15 is 0 Å². The number of rotatable bonds is 7. The van der Waals surface area contributed by atoms with E-state index in [-0.39, 0.29) is 23.9 Å². The van der Waals surface area contributed by atoms with E-state index in [4.69, 9.17) is 11.6 Å². The van der Waals surface area contributed by atoms with Crippen LogP contribution in [0.3, 0.4) is 0 Å². The second-order valence-electron chi connectivity index (χ2n) is 7.32. The second kappa shape index (κ2) is 9.70. The number of hydrogen-bond acceptors (Lipinski definition) is 3. The third-order valence-electron chi connectivity index (χ3n) is 5.14. The number of benzene rings is 4. The van der Waals surface area contributed by atoms with Crippen LogP contribution in [-0.4, -0.2) is 27.4 Å². The van der Waals surface area contributed by atoms with Gasteiger partial charge in [-0.05, 0) is 60.0 Å². The molecule has 4 aromatic carbocycles. The van der Waals surface area contributed by atoms with Crippen molar-refractivity contribution in [3.63, 3.8) is 0 Å². The molecule has 0 aliphatic rings. The minimum absolute atomic E-state index is 0.0388. The van der Waals surface area contributed by atoms with Gasteiger partial charge in [-0.1, -0.05) is 48.0 Å². The van der Waals surface area contributed by atoms with E-state index < -0.39 is 15.8 Å². The normalized spacial score (nSPS) is 11.5. The fraction of sp³-hybridized carbons (Fsp3) is 0.0800. The topological polar surface area (TPSA) is 66.5 Å². The van der Waals surface area contributed by atoms with E-state index in [1.807, 2.05) is 18.2 Å². The van der Waals surface area contributed by atoms with Crippen LogP contribution >= 0.6 is 11.6 Å². The Labute approximate surface area is 196 Å². The summed E-state index contributed by atoms with van der Waals surface area (Å²) in [5.41, 5.74) is 0.821. The predicted molar refractivity (Wildman–Crippen MR) is 129 cm³/mol. The van der Waals surface area contributed by atoms with Gasteiger partial charge in [-0.2, -0.15) is 0 Å². The smallest absolute Gasteiger partial charge is 0.258 e. The molecule has 0 fully saturated rings. The van der Waals surface area contributed by atoms with Crippen molar-refractivity contribution < 1.29 is 17.6 Å². The number of fused-ring (bicyclic) bond motifs is 1. The fourth-order valence-corrected chi connectivity index (χ4v) is 4.89. The highest BCUT2D eigenvalue weighted by molar-refractivity contribution is 7.89. The van der Waals surface area contributed by atoms with Crippen LogP contribution in [0.1, 0.15) is 10.4 Å². The molecule has 0 aliphatic heterocycles. The van der Waals surface area contributed by atoms with Crippen LogP contribution < -0.4 is 9.62 Å². The lowest BCUT2D eigenvalue weighted by Gasteiger charge is -2.23. The number of hydrogen-bond donors (Lipinski definition) is 1. The van der Waals surface area contributed by atoms with Gasteiger partial charge >= 0.3 is 0 Å². The Kier molecular flexibility index (Phi) is 6.74. The van der Waals surface area contributed by atoms with Gasteiger partial charge in [0.1, 0.15) is 5.82 Å². The SMILES string of the molecule is O=C(c1ccc(Cl)cc1)N(CCNS(=O)(=O)c1cccc2ccccc12)c1ccc(F)cc1. The monoisotopic (exact) mass is 482 g/mol. The van der Waals surface area contributed by atoms with E-state index in [1.165, 1.54) is 29.2 Å². The first-order valence-corrected chi connectivity index (χ1v) is 12.0. The highest BCUT2D eigenvalue weighted by atomic mass is 35.5. The van der Waals surface area contributed by atoms with E-state index in [2.05, 4.69) is 4.72 Å². The third-order valence-corrected chi connectivity index (χ3v) is 6.91. The van der Waals surface area contributed by atoms with Crippen LogP contribution in [-0.2, 0) is 10.0 Å². The van der Waals surface area contributed by atoms with Crippen LogP contribution in [0, 0.1) is 5.82 Å². The Bertz CT molecular complexity index is 1390. The van der Waals surface area contributed by atoms with Crippen molar-refractivity contribution >= 4 is 44.0 Å². The van der Waals surface area contributed by atoms with Gasteiger partial charge in [-0.25, -0.2) is 17.5 Å². The van der Waals surface area contributed by atoms with E-state index in [0.717, 1.165) is 5.39 Å². The molecule has 0 saturated carbocycles. The maximum Gasteiger partial charge on any atom is 0.258 e. The maximum atomic E-state index is 13.4. The van der Waals surface area contributed by atoms with Crippen LogP contribution in [0.15, 0.2) is 95.9 Å². The van der Waals surface area contributed by atoms with Gasteiger partial charge < -0.3 is 4.90 Å². The van der Waals surface area contributed by atoms with Crippen LogP contribution in [0.5, 0.6) is 0 Å². The van der Waals surface area contributed by atoms with Crippen LogP contribution in [0.2, 0.25) is 5.02 Å². The highest BCUT2D eigenvalue weighted by Crippen LogP contribution is 2.23. The van der Waals surface area contributed by atoms with Crippen molar-refractivity contribution in [3.8, 4) is 0 Å². The number of carbonyl (C=O) groups is 1. The van der Waals surface area contributed by atoms with E-state index in [1.54, 1.807) is 48.5 Å². The summed E-state index contributed by atoms with van der Waals surface area (Å²) in [6, 6.07) is 24.1. The zero-order chi connectivity index (χ0) is 23.4. The molecule has 0 radical (unpaired) electrons. The molecule has 168 valence electrons. The molecular weight excluding hydrogens is 463 g/mol. The molecule has 8 heteroatoms. The van der Waals surface area contributed by atoms with Crippen molar-refractivity contribution in [2.45, 2.75) is 4.90 Å². The molecule has 5 nitrogen and oxygen atoms in total. The summed E-state index contributed by atoms with van der Waals surface area (Å²) in [6.07, 6.45) is 0. The predicted octanol–water partition coefficient (Wildman–Crippen LogP) is 5.26. The van der Waals surface area contributed by atoms with Gasteiger partial charge in [0, 0.05) is 34.7 Å². The number of anilines is 1. The lowest BCUT2D eigenvalue weighted by Crippen LogP contribution is -2.38. The summed E-state index contributed by atoms with van der Waals surface area (Å²) in [5, 5.41) is 1.91. The lowest BCUT2D eigenvalue weighted by molar-refractivity contribution is 0.0987. The lowest BCUT2D eigenvalue weighted by atomic mass is 10.1. The minimum Gasteiger partial charge on any atom is -0.307 e. The number of amides is 1. The Morgan fingerprint density at radius 3 is 2.27 bits per heavy atom. The summed E-state index contributed by atoms with van der Waals surface area (Å²) in [7, 11) is -3.83. The van der Waals surface area contributed by atoms with Gasteiger partial charge in [0.2, 0.25) is 10.0 Å². The minimum atomic E-state index is -3.83. The molecule has 0 aliphatic carbocycles. The van der Waals surface area contributed by atoms with Gasteiger partial charge in [0.25, 0.3) is 5.91 Å². The van der Waals surface area contributed by atoms with E-state index in [0.29, 0.717) is 21.7 Å². The molecule has 4 aromatic rings. The Hall–Kier alpha value is -3.26. The van der Waals surface area contributed by atoms with Gasteiger partial charge in [-0.15, -0.1) is 0 Å². The largest absolute Gasteiger partial charge is 0.307 e. The number of sulfonamides is 1. The molecule has 0 bridgehead atoms. The molecule has 0 aromatic heterocycles. The molecule has 1 amide bonds. The Morgan fingerprint density at radius 1 is 0.879 bits per heavy atom. The average Bonchev–Trinajstić information content (AvgIpc) is 2.82. The number of nitrogens with zero attached hydrogens (tertiary/aromatic N) is 1. The first-order chi connectivity index (χ1) is 15.8. The molecule has 4 rings (SSSR count). The first kappa shape index (κ1) is 22.9. The molecule has 0 heterocycles. The van der Waals surface area contributed by atoms with Gasteiger partial charge in [0.05, 0.1) is 4.90 Å². The van der Waals surface area contributed by atoms with E-state index in [9.17, 15) is 17.6 Å². The highest BCUT2D eigenvalue weighted by Gasteiger charge is 2.21. The summed E-state index contributed by atoms with van der Waals surface area (Å²) in [4.78, 5) is 14.7. The quantitative estimate of drug-likeness (QED) is 0.391. The summed E-state index contributed by atoms with van der Waals surface area (Å²) >= 11 is 5.92. The molecule has 1 N–H and O–H groups in total. The van der Waals surface area contributed by atoms with Crippen molar-refractivity contribution in [2.24, 2.45) is 0 Å². The van der Waals surface area contributed by atoms with Crippen molar-refractivity contribution in [3.05, 3.63) is 107 Å². The molecule has 33 heavy (non-hydrogen) atoms. The van der Waals surface area contributed by atoms with Crippen molar-refractivity contribution in [1.82, 2.24) is 4.72 Å². The molecule has 0 spiro atoms. The summed E-state index contributed by atoms with van der Waals surface area (Å²) in [5.74, 6) is -0.795.